The van der Waals surface area contributed by atoms with Crippen LogP contribution in [-0.2, 0) is 106 Å². The van der Waals surface area contributed by atoms with Gasteiger partial charge in [0.25, 0.3) is 0 Å². The molecule has 172 valence electrons. The molecule has 4 rings (SSSR count). The van der Waals surface area contributed by atoms with Crippen molar-refractivity contribution in [2.75, 3.05) is 0 Å². The molecule has 2 heterocycles. The monoisotopic (exact) mass is 958 g/mol. The first-order valence-corrected chi connectivity index (χ1v) is 6.72. The van der Waals surface area contributed by atoms with Gasteiger partial charge in [-0.1, -0.05) is 36.4 Å². The van der Waals surface area contributed by atoms with Crippen LogP contribution in [0.25, 0.3) is 0 Å². The molecule has 0 N–H and O–H groups in total. The van der Waals surface area contributed by atoms with Crippen molar-refractivity contribution in [3.8, 4) is 11.5 Å². The number of benzene rings is 2. The number of hydrogen-bond donors (Lipinski definition) is 0. The number of ether oxygens (including phenoxy) is 2. The summed E-state index contributed by atoms with van der Waals surface area (Å²) in [5.74, 6) is 1.98. The minimum atomic E-state index is 0. The molecule has 2 aliphatic heterocycles. The van der Waals surface area contributed by atoms with Gasteiger partial charge in [-0.2, -0.15) is 0 Å². The van der Waals surface area contributed by atoms with Gasteiger partial charge < -0.3 is 58.8 Å². The summed E-state index contributed by atoms with van der Waals surface area (Å²) in [5.41, 5.74) is 2.54. The Kier molecular flexibility index (Phi) is 121. The Bertz CT molecular complexity index is 581. The summed E-state index contributed by atoms with van der Waals surface area (Å²) in [7, 11) is 0. The molecule has 0 aliphatic carbocycles. The van der Waals surface area contributed by atoms with E-state index in [1.165, 1.54) is 11.1 Å². The molecule has 17 heteroatoms. The molecule has 2 aliphatic rings. The normalized spacial score (nSPS) is 8.00. The van der Waals surface area contributed by atoms with Crippen molar-refractivity contribution in [2.45, 2.75) is 12.8 Å². The summed E-state index contributed by atoms with van der Waals surface area (Å²) in [4.78, 5) is 0. The first kappa shape index (κ1) is 83.3. The van der Waals surface area contributed by atoms with Crippen LogP contribution < -0.4 is 9.47 Å². The number of hydrogen-bond acceptors (Lipinski definition) is 2. The Morgan fingerprint density at radius 2 is 0.714 bits per heavy atom. The maximum Gasteiger partial charge on any atom is 4.00 e. The Morgan fingerprint density at radius 3 is 0.971 bits per heavy atom. The Morgan fingerprint density at radius 1 is 0.457 bits per heavy atom. The molecule has 2 aromatic rings. The molecule has 0 aromatic heterocycles. The second kappa shape index (κ2) is 50.7. The third-order valence-corrected chi connectivity index (χ3v) is 3.20. The third kappa shape index (κ3) is 30.7. The molecule has 0 fully saturated rings. The molecular weight excluding hydrogens is 941 g/mol. The van der Waals surface area contributed by atoms with Gasteiger partial charge in [-0.05, 0) is 48.3 Å². The molecular formula is C18H16La2O11Sr2Ti2. The number of rotatable bonds is 0. The van der Waals surface area contributed by atoms with Crippen LogP contribution in [-0.4, -0.2) is 91.0 Å². The van der Waals surface area contributed by atoms with Gasteiger partial charge >= 0.3 is 206 Å². The zero-order valence-corrected chi connectivity index (χ0v) is 35.7. The fraction of sp³-hybridized carbons (Fsp3) is 0.111. The van der Waals surface area contributed by atoms with E-state index in [1.807, 2.05) is 48.6 Å². The zero-order chi connectivity index (χ0) is 13.6. The van der Waals surface area contributed by atoms with Crippen molar-refractivity contribution in [1.82, 2.24) is 0 Å². The number of allylic oxidation sites excluding steroid dienone is 2. The van der Waals surface area contributed by atoms with Gasteiger partial charge in [0.1, 0.15) is 11.5 Å². The van der Waals surface area contributed by atoms with Gasteiger partial charge in [0.05, 0.1) is 12.5 Å². The van der Waals surface area contributed by atoms with Gasteiger partial charge in [-0.15, -0.1) is 0 Å². The predicted molar refractivity (Wildman–Crippen MR) is 97.5 cm³/mol. The molecule has 2 aromatic carbocycles. The maximum absolute atomic E-state index is 5.24. The number of fused-ring (bicyclic) bond motifs is 2. The van der Waals surface area contributed by atoms with Crippen LogP contribution in [0, 0.1) is 71.2 Å². The summed E-state index contributed by atoms with van der Waals surface area (Å²) in [6.45, 7) is 0. The van der Waals surface area contributed by atoms with Gasteiger partial charge in [0.15, 0.2) is 0 Å². The molecule has 0 unspecified atom stereocenters. The summed E-state index contributed by atoms with van der Waals surface area (Å²) < 4.78 is 10.5. The quantitative estimate of drug-likeness (QED) is 0.360. The topological polar surface area (TPSA) is 275 Å². The van der Waals surface area contributed by atoms with Crippen LogP contribution in [0.5, 0.6) is 11.5 Å². The fourth-order valence-electron chi connectivity index (χ4n) is 2.17. The first-order valence-electron chi connectivity index (χ1n) is 6.72. The van der Waals surface area contributed by atoms with E-state index in [0.717, 1.165) is 24.3 Å². The van der Waals surface area contributed by atoms with E-state index in [4.69, 9.17) is 9.47 Å². The number of para-hydroxylation sites is 2. The van der Waals surface area contributed by atoms with E-state index in [9.17, 15) is 0 Å². The van der Waals surface area contributed by atoms with Crippen molar-refractivity contribution >= 4 is 91.0 Å². The smallest absolute Gasteiger partial charge is 2.00 e. The van der Waals surface area contributed by atoms with Gasteiger partial charge in [-0.3, -0.25) is 0 Å². The molecule has 0 bridgehead atoms. The standard InChI is InChI=1S/2C9H8O.2La.9O.2Sr.2Ti/c2*1-2-6-9-8(4-1)5-3-7-10-9;;;;;;;;;;;;;;;/h2*1-4,6-7H,5H2;;;;;;;;;;;;;;;/q;;2*+3;9*-2;2*+2;2*+4. The van der Waals surface area contributed by atoms with E-state index >= 15 is 0 Å². The fourth-order valence-corrected chi connectivity index (χ4v) is 2.17. The van der Waals surface area contributed by atoms with Crippen LogP contribution in [0.3, 0.4) is 0 Å². The van der Waals surface area contributed by atoms with E-state index in [2.05, 4.69) is 12.1 Å². The minimum absolute atomic E-state index is 0. The molecule has 0 atom stereocenters. The molecule has 35 heavy (non-hydrogen) atoms. The molecule has 0 saturated carbocycles. The van der Waals surface area contributed by atoms with Crippen molar-refractivity contribution in [3.63, 3.8) is 0 Å². The van der Waals surface area contributed by atoms with Gasteiger partial charge in [-0.25, -0.2) is 0 Å². The van der Waals surface area contributed by atoms with Gasteiger partial charge in [0, 0.05) is 0 Å². The maximum atomic E-state index is 5.24. The molecule has 0 radical (unpaired) electrons. The Hall–Kier alpha value is 3.94. The summed E-state index contributed by atoms with van der Waals surface area (Å²) in [6, 6.07) is 16.2. The van der Waals surface area contributed by atoms with Gasteiger partial charge in [0.2, 0.25) is 0 Å². The second-order valence-electron chi connectivity index (χ2n) is 4.60. The average Bonchev–Trinajstić information content (AvgIpc) is 2.56. The largest absolute Gasteiger partial charge is 4.00 e. The van der Waals surface area contributed by atoms with Crippen LogP contribution >= 0.6 is 0 Å². The molecule has 11 nitrogen and oxygen atoms in total. The van der Waals surface area contributed by atoms with E-state index in [1.54, 1.807) is 12.5 Å². The van der Waals surface area contributed by atoms with Crippen molar-refractivity contribution in [3.05, 3.63) is 84.3 Å². The van der Waals surface area contributed by atoms with Crippen LogP contribution in [0.4, 0.5) is 0 Å². The Labute approximate surface area is 365 Å². The summed E-state index contributed by atoms with van der Waals surface area (Å²) in [5, 5.41) is 0. The SMILES string of the molecule is C1=COc2ccccc2C1.C1=COc2ccccc2C1.[La+3].[La+3].[O-2].[O-2].[O-2].[O-2].[O-2].[O-2].[O-2].[O-2].[O-2].[Sr+2].[Sr+2].[Ti+4].[Ti+4]. The van der Waals surface area contributed by atoms with Crippen molar-refractivity contribution in [1.29, 1.82) is 0 Å². The third-order valence-electron chi connectivity index (χ3n) is 3.20. The summed E-state index contributed by atoms with van der Waals surface area (Å²) in [6.07, 6.45) is 9.50. The van der Waals surface area contributed by atoms with Crippen LogP contribution in [0.2, 0.25) is 0 Å². The van der Waals surface area contributed by atoms with E-state index in [-0.39, 0.29) is 255 Å². The summed E-state index contributed by atoms with van der Waals surface area (Å²) >= 11 is 0. The van der Waals surface area contributed by atoms with Crippen LogP contribution in [0.1, 0.15) is 11.1 Å². The molecule has 0 spiro atoms. The van der Waals surface area contributed by atoms with Crippen molar-refractivity contribution in [2.24, 2.45) is 0 Å². The van der Waals surface area contributed by atoms with E-state index in [0.29, 0.717) is 0 Å². The minimum Gasteiger partial charge on any atom is -2.00 e. The predicted octanol–water partition coefficient (Wildman–Crippen LogP) is 2.43. The molecule has 0 amide bonds. The first-order chi connectivity index (χ1) is 9.93. The molecule has 0 saturated heterocycles. The zero-order valence-electron chi connectivity index (χ0n) is 18.4. The second-order valence-corrected chi connectivity index (χ2v) is 4.60. The average molecular weight is 957 g/mol. The Balaban J connectivity index is -0.0000000176. The van der Waals surface area contributed by atoms with E-state index < -0.39 is 0 Å². The van der Waals surface area contributed by atoms with Crippen molar-refractivity contribution < 1.29 is 173 Å². The van der Waals surface area contributed by atoms with Crippen LogP contribution in [0.15, 0.2) is 73.2 Å².